The first kappa shape index (κ1) is 14.4. The number of furan rings is 1. The lowest BCUT2D eigenvalue weighted by atomic mass is 10.1. The molecular formula is C14H20N2O4. The summed E-state index contributed by atoms with van der Waals surface area (Å²) in [6.07, 6.45) is 6.35. The third-order valence-electron chi connectivity index (χ3n) is 3.61. The van der Waals surface area contributed by atoms with Gasteiger partial charge in [0.25, 0.3) is 0 Å². The molecule has 2 heterocycles. The summed E-state index contributed by atoms with van der Waals surface area (Å²) in [6, 6.07) is 0.846. The molecule has 110 valence electrons. The van der Waals surface area contributed by atoms with Crippen molar-refractivity contribution >= 4 is 12.0 Å². The van der Waals surface area contributed by atoms with Gasteiger partial charge < -0.3 is 19.3 Å². The lowest BCUT2D eigenvalue weighted by Crippen LogP contribution is -2.49. The molecule has 1 unspecified atom stereocenters. The van der Waals surface area contributed by atoms with E-state index in [-0.39, 0.29) is 6.03 Å². The topological polar surface area (TPSA) is 74.0 Å². The highest BCUT2D eigenvalue weighted by Crippen LogP contribution is 2.19. The van der Waals surface area contributed by atoms with E-state index in [0.717, 1.165) is 24.8 Å². The van der Waals surface area contributed by atoms with Crippen molar-refractivity contribution in [3.63, 3.8) is 0 Å². The van der Waals surface area contributed by atoms with Crippen LogP contribution in [0.5, 0.6) is 0 Å². The zero-order valence-electron chi connectivity index (χ0n) is 11.6. The van der Waals surface area contributed by atoms with Crippen LogP contribution in [-0.2, 0) is 11.3 Å². The average Bonchev–Trinajstić information content (AvgIpc) is 2.79. The largest absolute Gasteiger partial charge is 0.480 e. The molecule has 1 N–H and O–H groups in total. The van der Waals surface area contributed by atoms with E-state index in [9.17, 15) is 14.7 Å². The van der Waals surface area contributed by atoms with Crippen LogP contribution in [0.15, 0.2) is 23.0 Å². The summed E-state index contributed by atoms with van der Waals surface area (Å²) in [5.41, 5.74) is 0.891. The van der Waals surface area contributed by atoms with Gasteiger partial charge in [0.05, 0.1) is 19.1 Å². The summed E-state index contributed by atoms with van der Waals surface area (Å²) >= 11 is 0. The molecule has 1 aromatic heterocycles. The Kier molecular flexibility index (Phi) is 4.65. The maximum Gasteiger partial charge on any atom is 0.326 e. The number of hydrogen-bond donors (Lipinski definition) is 1. The molecule has 0 bridgehead atoms. The minimum absolute atomic E-state index is 0.236. The van der Waals surface area contributed by atoms with Crippen molar-refractivity contribution in [2.45, 2.75) is 38.3 Å². The predicted molar refractivity (Wildman–Crippen MR) is 72.2 cm³/mol. The van der Waals surface area contributed by atoms with E-state index in [1.165, 1.54) is 9.80 Å². The third kappa shape index (κ3) is 3.31. The smallest absolute Gasteiger partial charge is 0.326 e. The van der Waals surface area contributed by atoms with Crippen LogP contribution < -0.4 is 0 Å². The molecule has 1 fully saturated rings. The van der Waals surface area contributed by atoms with Gasteiger partial charge in [0.1, 0.15) is 6.04 Å². The van der Waals surface area contributed by atoms with Crippen molar-refractivity contribution in [2.75, 3.05) is 13.6 Å². The van der Waals surface area contributed by atoms with Crippen LogP contribution in [0.3, 0.4) is 0 Å². The van der Waals surface area contributed by atoms with E-state index in [2.05, 4.69) is 0 Å². The van der Waals surface area contributed by atoms with Crippen molar-refractivity contribution < 1.29 is 19.1 Å². The van der Waals surface area contributed by atoms with Gasteiger partial charge in [-0.1, -0.05) is 12.8 Å². The van der Waals surface area contributed by atoms with Crippen LogP contribution >= 0.6 is 0 Å². The monoisotopic (exact) mass is 280 g/mol. The number of amides is 2. The molecule has 0 saturated carbocycles. The van der Waals surface area contributed by atoms with Crippen molar-refractivity contribution in [2.24, 2.45) is 0 Å². The fourth-order valence-electron chi connectivity index (χ4n) is 2.54. The lowest BCUT2D eigenvalue weighted by molar-refractivity contribution is -0.142. The summed E-state index contributed by atoms with van der Waals surface area (Å²) in [5, 5.41) is 9.29. The Labute approximate surface area is 118 Å². The molecule has 6 heteroatoms. The molecule has 1 aromatic rings. The highest BCUT2D eigenvalue weighted by molar-refractivity contribution is 5.82. The van der Waals surface area contributed by atoms with Gasteiger partial charge in [-0.2, -0.15) is 0 Å². The third-order valence-corrected chi connectivity index (χ3v) is 3.61. The molecule has 1 aliphatic rings. The molecule has 0 spiro atoms. The van der Waals surface area contributed by atoms with Crippen LogP contribution in [0.2, 0.25) is 0 Å². The van der Waals surface area contributed by atoms with Gasteiger partial charge in [-0.05, 0) is 18.9 Å². The predicted octanol–water partition coefficient (Wildman–Crippen LogP) is 2.16. The number of aliphatic carboxylic acids is 1. The summed E-state index contributed by atoms with van der Waals surface area (Å²) in [6.45, 7) is 0.920. The number of hydrogen-bond acceptors (Lipinski definition) is 3. The highest BCUT2D eigenvalue weighted by Gasteiger charge is 2.32. The minimum Gasteiger partial charge on any atom is -0.480 e. The van der Waals surface area contributed by atoms with Crippen LogP contribution in [0.1, 0.15) is 31.2 Å². The van der Waals surface area contributed by atoms with Crippen molar-refractivity contribution in [1.82, 2.24) is 9.80 Å². The Morgan fingerprint density at radius 1 is 1.45 bits per heavy atom. The average molecular weight is 280 g/mol. The summed E-state index contributed by atoms with van der Waals surface area (Å²) in [7, 11) is 1.68. The van der Waals surface area contributed by atoms with Gasteiger partial charge in [-0.15, -0.1) is 0 Å². The summed E-state index contributed by atoms with van der Waals surface area (Å²) in [4.78, 5) is 26.8. The first-order valence-corrected chi connectivity index (χ1v) is 6.85. The van der Waals surface area contributed by atoms with Gasteiger partial charge in [0.2, 0.25) is 0 Å². The first-order chi connectivity index (χ1) is 9.59. The Morgan fingerprint density at radius 3 is 2.90 bits per heavy atom. The Bertz CT molecular complexity index is 458. The molecule has 1 aliphatic heterocycles. The molecule has 1 atom stereocenters. The summed E-state index contributed by atoms with van der Waals surface area (Å²) in [5.74, 6) is -0.919. The van der Waals surface area contributed by atoms with Crippen molar-refractivity contribution in [3.8, 4) is 0 Å². The van der Waals surface area contributed by atoms with Gasteiger partial charge in [-0.3, -0.25) is 0 Å². The van der Waals surface area contributed by atoms with Gasteiger partial charge >= 0.3 is 12.0 Å². The highest BCUT2D eigenvalue weighted by atomic mass is 16.4. The fraction of sp³-hybridized carbons (Fsp3) is 0.571. The standard InChI is InChI=1S/C14H20N2O4/c1-15(9-11-6-8-20-10-11)14(19)16-7-4-2-3-5-12(16)13(17)18/h6,8,10,12H,2-5,7,9H2,1H3,(H,17,18). The zero-order chi connectivity index (χ0) is 14.5. The number of carboxylic acid groups (broad SMARTS) is 1. The van der Waals surface area contributed by atoms with Crippen LogP contribution in [-0.4, -0.2) is 46.5 Å². The Balaban J connectivity index is 2.05. The first-order valence-electron chi connectivity index (χ1n) is 6.85. The SMILES string of the molecule is CN(Cc1ccoc1)C(=O)N1CCCCCC1C(=O)O. The van der Waals surface area contributed by atoms with E-state index in [4.69, 9.17) is 4.42 Å². The number of likely N-dealkylation sites (tertiary alicyclic amines) is 1. The zero-order valence-corrected chi connectivity index (χ0v) is 11.6. The maximum atomic E-state index is 12.4. The van der Waals surface area contributed by atoms with Crippen LogP contribution in [0.4, 0.5) is 4.79 Å². The molecule has 0 aromatic carbocycles. The fourth-order valence-corrected chi connectivity index (χ4v) is 2.54. The Hall–Kier alpha value is -1.98. The maximum absolute atomic E-state index is 12.4. The van der Waals surface area contributed by atoms with Crippen LogP contribution in [0.25, 0.3) is 0 Å². The number of nitrogens with zero attached hydrogens (tertiary/aromatic N) is 2. The minimum atomic E-state index is -0.919. The van der Waals surface area contributed by atoms with Crippen molar-refractivity contribution in [1.29, 1.82) is 0 Å². The van der Waals surface area contributed by atoms with Crippen molar-refractivity contribution in [3.05, 3.63) is 24.2 Å². The number of carbonyl (C=O) groups is 2. The van der Waals surface area contributed by atoms with Gasteiger partial charge in [0.15, 0.2) is 0 Å². The number of urea groups is 1. The second-order valence-electron chi connectivity index (χ2n) is 5.17. The normalized spacial score (nSPS) is 19.4. The quantitative estimate of drug-likeness (QED) is 0.920. The van der Waals surface area contributed by atoms with E-state index < -0.39 is 12.0 Å². The molecule has 6 nitrogen and oxygen atoms in total. The van der Waals surface area contributed by atoms with Gasteiger partial charge in [0, 0.05) is 19.2 Å². The molecule has 0 aliphatic carbocycles. The number of carbonyl (C=O) groups excluding carboxylic acids is 1. The molecule has 1 saturated heterocycles. The lowest BCUT2D eigenvalue weighted by Gasteiger charge is -2.31. The van der Waals surface area contributed by atoms with Crippen LogP contribution in [0, 0.1) is 0 Å². The molecule has 0 radical (unpaired) electrons. The van der Waals surface area contributed by atoms with Gasteiger partial charge in [-0.25, -0.2) is 9.59 Å². The summed E-state index contributed by atoms with van der Waals surface area (Å²) < 4.78 is 4.97. The number of carboxylic acids is 1. The van der Waals surface area contributed by atoms with E-state index >= 15 is 0 Å². The van der Waals surface area contributed by atoms with E-state index in [0.29, 0.717) is 19.5 Å². The molecule has 2 amide bonds. The Morgan fingerprint density at radius 2 is 2.25 bits per heavy atom. The molecule has 2 rings (SSSR count). The van der Waals surface area contributed by atoms with E-state index in [1.54, 1.807) is 25.6 Å². The second kappa shape index (κ2) is 6.45. The second-order valence-corrected chi connectivity index (χ2v) is 5.17. The van der Waals surface area contributed by atoms with E-state index in [1.807, 2.05) is 0 Å². The molecule has 20 heavy (non-hydrogen) atoms. The number of rotatable bonds is 3. The molecular weight excluding hydrogens is 260 g/mol.